The van der Waals surface area contributed by atoms with E-state index in [1.807, 2.05) is 30.7 Å². The molecule has 1 aromatic rings. The van der Waals surface area contributed by atoms with Crippen molar-refractivity contribution in [2.75, 3.05) is 37.3 Å². The van der Waals surface area contributed by atoms with E-state index in [2.05, 4.69) is 18.8 Å². The molecule has 0 spiro atoms. The topological polar surface area (TPSA) is 62.5 Å². The summed E-state index contributed by atoms with van der Waals surface area (Å²) in [6.07, 6.45) is 1.06. The number of rotatable bonds is 7. The fraction of sp³-hybridized carbons (Fsp3) is 0.714. The molecule has 1 atom stereocenters. The number of hydrogen-bond donors (Lipinski definition) is 1. The zero-order valence-corrected chi connectivity index (χ0v) is 14.0. The molecule has 1 rings (SSSR count). The predicted molar refractivity (Wildman–Crippen MR) is 86.5 cm³/mol. The van der Waals surface area contributed by atoms with Crippen LogP contribution in [0.5, 0.6) is 0 Å². The highest BCUT2D eigenvalue weighted by Crippen LogP contribution is 2.28. The average Bonchev–Trinajstić information content (AvgIpc) is 2.84. The molecule has 6 heteroatoms. The second-order valence-corrected chi connectivity index (χ2v) is 6.06. The van der Waals surface area contributed by atoms with Gasteiger partial charge in [-0.1, -0.05) is 31.6 Å². The maximum Gasteiger partial charge on any atom is 0.267 e. The minimum atomic E-state index is -0.00134. The highest BCUT2D eigenvalue weighted by molar-refractivity contribution is 7.18. The van der Waals surface area contributed by atoms with E-state index >= 15 is 0 Å². The highest BCUT2D eigenvalue weighted by atomic mass is 32.1. The molecule has 20 heavy (non-hydrogen) atoms. The van der Waals surface area contributed by atoms with Crippen LogP contribution in [0.1, 0.15) is 43.8 Å². The van der Waals surface area contributed by atoms with Crippen LogP contribution in [0.15, 0.2) is 0 Å². The Labute approximate surface area is 125 Å². The number of thiazole rings is 1. The van der Waals surface area contributed by atoms with Gasteiger partial charge in [0.25, 0.3) is 5.91 Å². The summed E-state index contributed by atoms with van der Waals surface area (Å²) in [7, 11) is 1.95. The summed E-state index contributed by atoms with van der Waals surface area (Å²) in [5, 5.41) is 0.799. The Kier molecular flexibility index (Phi) is 6.26. The zero-order chi connectivity index (χ0) is 15.3. The molecule has 0 saturated carbocycles. The Morgan fingerprint density at radius 2 is 2.00 bits per heavy atom. The van der Waals surface area contributed by atoms with Gasteiger partial charge >= 0.3 is 0 Å². The number of hydrogen-bond acceptors (Lipinski definition) is 5. The third kappa shape index (κ3) is 3.85. The molecule has 0 saturated heterocycles. The van der Waals surface area contributed by atoms with Crippen molar-refractivity contribution in [1.82, 2.24) is 9.88 Å². The molecular weight excluding hydrogens is 272 g/mol. The van der Waals surface area contributed by atoms with Crippen molar-refractivity contribution in [3.8, 4) is 0 Å². The SMILES string of the molecule is CCC(C)CN(CC)C(=O)c1sc(N(C)CC)nc1N. The van der Waals surface area contributed by atoms with E-state index in [1.54, 1.807) is 0 Å². The lowest BCUT2D eigenvalue weighted by Gasteiger charge is -2.23. The summed E-state index contributed by atoms with van der Waals surface area (Å²) in [4.78, 5) is 21.3. The van der Waals surface area contributed by atoms with E-state index in [0.29, 0.717) is 23.2 Å². The van der Waals surface area contributed by atoms with E-state index in [0.717, 1.165) is 24.6 Å². The van der Waals surface area contributed by atoms with E-state index < -0.39 is 0 Å². The monoisotopic (exact) mass is 298 g/mol. The zero-order valence-electron chi connectivity index (χ0n) is 13.1. The third-order valence-electron chi connectivity index (χ3n) is 3.54. The first-order chi connectivity index (χ1) is 9.44. The van der Waals surface area contributed by atoms with Crippen LogP contribution in [-0.2, 0) is 0 Å². The van der Waals surface area contributed by atoms with Crippen LogP contribution in [0.25, 0.3) is 0 Å². The van der Waals surface area contributed by atoms with E-state index in [1.165, 1.54) is 11.3 Å². The maximum atomic E-state index is 12.6. The number of aromatic nitrogens is 1. The highest BCUT2D eigenvalue weighted by Gasteiger charge is 2.23. The minimum Gasteiger partial charge on any atom is -0.382 e. The first-order valence-electron chi connectivity index (χ1n) is 7.21. The second kappa shape index (κ2) is 7.47. The van der Waals surface area contributed by atoms with Gasteiger partial charge in [-0.3, -0.25) is 4.79 Å². The van der Waals surface area contributed by atoms with Crippen LogP contribution in [-0.4, -0.2) is 42.5 Å². The van der Waals surface area contributed by atoms with Crippen LogP contribution < -0.4 is 10.6 Å². The van der Waals surface area contributed by atoms with Gasteiger partial charge in [-0.2, -0.15) is 0 Å². The van der Waals surface area contributed by atoms with Crippen molar-refractivity contribution in [3.63, 3.8) is 0 Å². The van der Waals surface area contributed by atoms with Gasteiger partial charge in [-0.25, -0.2) is 4.98 Å². The summed E-state index contributed by atoms with van der Waals surface area (Å²) < 4.78 is 0. The Balaban J connectivity index is 2.92. The van der Waals surface area contributed by atoms with Gasteiger partial charge in [-0.05, 0) is 19.8 Å². The molecule has 0 aliphatic heterocycles. The number of carbonyl (C=O) groups is 1. The molecule has 0 aliphatic rings. The lowest BCUT2D eigenvalue weighted by atomic mass is 10.1. The number of nitrogens with two attached hydrogens (primary N) is 1. The molecule has 5 nitrogen and oxygen atoms in total. The van der Waals surface area contributed by atoms with Gasteiger partial charge < -0.3 is 15.5 Å². The van der Waals surface area contributed by atoms with Crippen molar-refractivity contribution >= 4 is 28.2 Å². The van der Waals surface area contributed by atoms with Gasteiger partial charge in [0.2, 0.25) is 0 Å². The van der Waals surface area contributed by atoms with Crippen molar-refractivity contribution in [1.29, 1.82) is 0 Å². The number of amides is 1. The molecule has 0 fully saturated rings. The van der Waals surface area contributed by atoms with Gasteiger partial charge in [0.05, 0.1) is 0 Å². The molecule has 114 valence electrons. The van der Waals surface area contributed by atoms with Gasteiger partial charge in [0.15, 0.2) is 5.13 Å². The number of carbonyl (C=O) groups excluding carboxylic acids is 1. The molecule has 0 radical (unpaired) electrons. The van der Waals surface area contributed by atoms with Crippen LogP contribution >= 0.6 is 11.3 Å². The smallest absolute Gasteiger partial charge is 0.267 e. The fourth-order valence-corrected chi connectivity index (χ4v) is 2.75. The maximum absolute atomic E-state index is 12.6. The van der Waals surface area contributed by atoms with Crippen LogP contribution in [0.2, 0.25) is 0 Å². The van der Waals surface area contributed by atoms with Crippen molar-refractivity contribution in [2.24, 2.45) is 5.92 Å². The van der Waals surface area contributed by atoms with E-state index in [-0.39, 0.29) is 5.91 Å². The van der Waals surface area contributed by atoms with Gasteiger partial charge in [0.1, 0.15) is 10.7 Å². The molecule has 2 N–H and O–H groups in total. The Bertz CT molecular complexity index is 446. The molecule has 1 amide bonds. The number of nitrogen functional groups attached to an aromatic ring is 1. The molecule has 0 bridgehead atoms. The largest absolute Gasteiger partial charge is 0.382 e. The molecule has 0 aliphatic carbocycles. The van der Waals surface area contributed by atoms with E-state index in [9.17, 15) is 4.79 Å². The van der Waals surface area contributed by atoms with Crippen LogP contribution in [0.3, 0.4) is 0 Å². The molecule has 1 unspecified atom stereocenters. The fourth-order valence-electron chi connectivity index (χ4n) is 1.78. The Morgan fingerprint density at radius 1 is 1.35 bits per heavy atom. The predicted octanol–water partition coefficient (Wildman–Crippen LogP) is 2.69. The van der Waals surface area contributed by atoms with Crippen molar-refractivity contribution in [2.45, 2.75) is 34.1 Å². The molecular formula is C14H26N4OS. The molecule has 0 aromatic carbocycles. The van der Waals surface area contributed by atoms with Gasteiger partial charge in [0, 0.05) is 26.7 Å². The van der Waals surface area contributed by atoms with Gasteiger partial charge in [-0.15, -0.1) is 0 Å². The summed E-state index contributed by atoms with van der Waals surface area (Å²) >= 11 is 1.38. The minimum absolute atomic E-state index is 0.00134. The summed E-state index contributed by atoms with van der Waals surface area (Å²) in [6, 6.07) is 0. The second-order valence-electron chi connectivity index (χ2n) is 5.08. The number of nitrogens with zero attached hydrogens (tertiary/aromatic N) is 3. The molecule has 1 aromatic heterocycles. The van der Waals surface area contributed by atoms with Crippen LogP contribution in [0.4, 0.5) is 10.9 Å². The van der Waals surface area contributed by atoms with Crippen LogP contribution in [0, 0.1) is 5.92 Å². The lowest BCUT2D eigenvalue weighted by Crippen LogP contribution is -2.34. The number of anilines is 2. The first kappa shape index (κ1) is 16.8. The summed E-state index contributed by atoms with van der Waals surface area (Å²) in [6.45, 7) is 10.6. The Hall–Kier alpha value is -1.30. The third-order valence-corrected chi connectivity index (χ3v) is 4.71. The standard InChI is InChI=1S/C14H26N4OS/c1-6-10(4)9-18(8-3)13(19)11-12(15)16-14(20-11)17(5)7-2/h10H,6-9,15H2,1-5H3. The first-order valence-corrected chi connectivity index (χ1v) is 8.02. The van der Waals surface area contributed by atoms with E-state index in [4.69, 9.17) is 5.73 Å². The summed E-state index contributed by atoms with van der Waals surface area (Å²) in [5.74, 6) is 0.835. The summed E-state index contributed by atoms with van der Waals surface area (Å²) in [5.41, 5.74) is 5.92. The lowest BCUT2D eigenvalue weighted by molar-refractivity contribution is 0.0746. The Morgan fingerprint density at radius 3 is 2.50 bits per heavy atom. The van der Waals surface area contributed by atoms with Crippen molar-refractivity contribution in [3.05, 3.63) is 4.88 Å². The quantitative estimate of drug-likeness (QED) is 0.840. The van der Waals surface area contributed by atoms with Crippen molar-refractivity contribution < 1.29 is 4.79 Å². The normalized spacial score (nSPS) is 12.2. The molecule has 1 heterocycles. The average molecular weight is 298 g/mol.